The Kier molecular flexibility index (Phi) is 5.40. The molecule has 0 radical (unpaired) electrons. The summed E-state index contributed by atoms with van der Waals surface area (Å²) >= 11 is 0. The third-order valence-electron chi connectivity index (χ3n) is 3.25. The molecule has 0 aliphatic rings. The van der Waals surface area contributed by atoms with Gasteiger partial charge in [0.2, 0.25) is 0 Å². The van der Waals surface area contributed by atoms with Crippen molar-refractivity contribution in [2.45, 2.75) is 38.9 Å². The Balaban J connectivity index is 2.10. The fraction of sp³-hybridized carbons (Fsp3) is 0.316. The maximum atomic E-state index is 11.9. The average Bonchev–Trinajstić information content (AvgIpc) is 2.48. The molecule has 2 rings (SSSR count). The van der Waals surface area contributed by atoms with Crippen LogP contribution in [0.1, 0.15) is 38.0 Å². The van der Waals surface area contributed by atoms with Gasteiger partial charge in [0.15, 0.2) is 0 Å². The number of carbonyl (C=O) groups is 1. The van der Waals surface area contributed by atoms with Crippen LogP contribution in [-0.4, -0.2) is 16.8 Å². The zero-order chi connectivity index (χ0) is 16.9. The van der Waals surface area contributed by atoms with Crippen molar-refractivity contribution in [3.05, 3.63) is 65.7 Å². The van der Waals surface area contributed by atoms with Gasteiger partial charge in [0.1, 0.15) is 5.60 Å². The summed E-state index contributed by atoms with van der Waals surface area (Å²) in [5.41, 5.74) is 1.80. The largest absolute Gasteiger partial charge is 0.444 e. The highest BCUT2D eigenvalue weighted by atomic mass is 16.6. The van der Waals surface area contributed by atoms with Gasteiger partial charge in [-0.2, -0.15) is 0 Å². The number of para-hydroxylation sites is 1. The van der Waals surface area contributed by atoms with Gasteiger partial charge in [-0.15, -0.1) is 0 Å². The lowest BCUT2D eigenvalue weighted by molar-refractivity contribution is 0.0635. The van der Waals surface area contributed by atoms with Crippen LogP contribution in [-0.2, 0) is 11.2 Å². The molecule has 0 aromatic heterocycles. The molecule has 122 valence electrons. The first kappa shape index (κ1) is 17.0. The van der Waals surface area contributed by atoms with E-state index in [-0.39, 0.29) is 0 Å². The molecule has 2 aromatic rings. The highest BCUT2D eigenvalue weighted by Gasteiger charge is 2.18. The maximum absolute atomic E-state index is 11.9. The summed E-state index contributed by atoms with van der Waals surface area (Å²) in [5, 5.41) is 13.1. The Bertz CT molecular complexity index is 647. The molecule has 0 spiro atoms. The molecule has 2 aromatic carbocycles. The van der Waals surface area contributed by atoms with E-state index in [1.54, 1.807) is 6.07 Å². The summed E-state index contributed by atoms with van der Waals surface area (Å²) in [7, 11) is 0. The first-order chi connectivity index (χ1) is 10.8. The first-order valence-corrected chi connectivity index (χ1v) is 7.66. The third-order valence-corrected chi connectivity index (χ3v) is 3.25. The zero-order valence-electron chi connectivity index (χ0n) is 13.7. The SMILES string of the molecule is CC(C)(C)OC(=O)Nc1ccccc1C[C@H](O)c1ccccc1. The van der Waals surface area contributed by atoms with Crippen molar-refractivity contribution in [3.8, 4) is 0 Å². The number of nitrogens with one attached hydrogen (secondary N) is 1. The number of aliphatic hydroxyl groups is 1. The van der Waals surface area contributed by atoms with E-state index in [0.717, 1.165) is 11.1 Å². The Morgan fingerprint density at radius 1 is 1.09 bits per heavy atom. The van der Waals surface area contributed by atoms with Crippen LogP contribution in [0.5, 0.6) is 0 Å². The minimum absolute atomic E-state index is 0.413. The maximum Gasteiger partial charge on any atom is 0.412 e. The van der Waals surface area contributed by atoms with E-state index in [0.29, 0.717) is 12.1 Å². The second-order valence-electron chi connectivity index (χ2n) is 6.41. The summed E-state index contributed by atoms with van der Waals surface area (Å²) in [6.45, 7) is 5.45. The Morgan fingerprint density at radius 3 is 2.35 bits per heavy atom. The van der Waals surface area contributed by atoms with Gasteiger partial charge in [0.25, 0.3) is 0 Å². The second-order valence-corrected chi connectivity index (χ2v) is 6.41. The van der Waals surface area contributed by atoms with Crippen LogP contribution in [0.15, 0.2) is 54.6 Å². The van der Waals surface area contributed by atoms with Crippen molar-refractivity contribution in [3.63, 3.8) is 0 Å². The predicted molar refractivity (Wildman–Crippen MR) is 91.4 cm³/mol. The Morgan fingerprint density at radius 2 is 1.70 bits per heavy atom. The minimum atomic E-state index is -0.627. The standard InChI is InChI=1S/C19H23NO3/c1-19(2,3)23-18(22)20-16-12-8-7-11-15(16)13-17(21)14-9-5-4-6-10-14/h4-12,17,21H,13H2,1-3H3,(H,20,22)/t17-/m0/s1. The van der Waals surface area contributed by atoms with E-state index >= 15 is 0 Å². The summed E-state index contributed by atoms with van der Waals surface area (Å²) < 4.78 is 5.27. The molecule has 0 heterocycles. The molecular formula is C19H23NO3. The number of carbonyl (C=O) groups excluding carboxylic acids is 1. The van der Waals surface area contributed by atoms with Crippen molar-refractivity contribution in [2.75, 3.05) is 5.32 Å². The number of hydrogen-bond acceptors (Lipinski definition) is 3. The summed E-state index contributed by atoms with van der Waals surface area (Å²) in [5.74, 6) is 0. The monoisotopic (exact) mass is 313 g/mol. The number of benzene rings is 2. The van der Waals surface area contributed by atoms with Crippen LogP contribution in [0, 0.1) is 0 Å². The minimum Gasteiger partial charge on any atom is -0.444 e. The van der Waals surface area contributed by atoms with Gasteiger partial charge in [-0.05, 0) is 38.0 Å². The van der Waals surface area contributed by atoms with E-state index in [9.17, 15) is 9.90 Å². The number of ether oxygens (including phenoxy) is 1. The molecule has 4 nitrogen and oxygen atoms in total. The lowest BCUT2D eigenvalue weighted by Gasteiger charge is -2.21. The van der Waals surface area contributed by atoms with Crippen LogP contribution >= 0.6 is 0 Å². The van der Waals surface area contributed by atoms with Crippen LogP contribution in [0.3, 0.4) is 0 Å². The van der Waals surface area contributed by atoms with Crippen LogP contribution in [0.2, 0.25) is 0 Å². The van der Waals surface area contributed by atoms with E-state index in [1.807, 2.05) is 69.3 Å². The molecule has 2 N–H and O–H groups in total. The molecule has 1 atom stereocenters. The quantitative estimate of drug-likeness (QED) is 0.884. The number of amides is 1. The van der Waals surface area contributed by atoms with Gasteiger partial charge in [0, 0.05) is 12.1 Å². The lowest BCUT2D eigenvalue weighted by atomic mass is 10.0. The lowest BCUT2D eigenvalue weighted by Crippen LogP contribution is -2.27. The molecule has 0 bridgehead atoms. The van der Waals surface area contributed by atoms with Crippen LogP contribution in [0.25, 0.3) is 0 Å². The predicted octanol–water partition coefficient (Wildman–Crippen LogP) is 4.31. The van der Waals surface area contributed by atoms with E-state index in [4.69, 9.17) is 4.74 Å². The van der Waals surface area contributed by atoms with Crippen molar-refractivity contribution >= 4 is 11.8 Å². The molecule has 4 heteroatoms. The van der Waals surface area contributed by atoms with Crippen molar-refractivity contribution < 1.29 is 14.6 Å². The highest BCUT2D eigenvalue weighted by Crippen LogP contribution is 2.24. The average molecular weight is 313 g/mol. The number of aliphatic hydroxyl groups excluding tert-OH is 1. The summed E-state index contributed by atoms with van der Waals surface area (Å²) in [6.07, 6.45) is -0.715. The molecule has 0 saturated carbocycles. The molecule has 0 saturated heterocycles. The van der Waals surface area contributed by atoms with Crippen molar-refractivity contribution in [1.29, 1.82) is 0 Å². The van der Waals surface area contributed by atoms with Gasteiger partial charge in [-0.25, -0.2) is 4.79 Å². The second kappa shape index (κ2) is 7.29. The Hall–Kier alpha value is -2.33. The van der Waals surface area contributed by atoms with Gasteiger partial charge in [-0.3, -0.25) is 5.32 Å². The zero-order valence-corrected chi connectivity index (χ0v) is 13.7. The van der Waals surface area contributed by atoms with Gasteiger partial charge in [0.05, 0.1) is 6.10 Å². The summed E-state index contributed by atoms with van der Waals surface area (Å²) in [6, 6.07) is 16.9. The molecule has 0 unspecified atom stereocenters. The van der Waals surface area contributed by atoms with Gasteiger partial charge < -0.3 is 9.84 Å². The topological polar surface area (TPSA) is 58.6 Å². The van der Waals surface area contributed by atoms with E-state index < -0.39 is 17.8 Å². The fourth-order valence-corrected chi connectivity index (χ4v) is 2.24. The van der Waals surface area contributed by atoms with E-state index in [2.05, 4.69) is 5.32 Å². The highest BCUT2D eigenvalue weighted by molar-refractivity contribution is 5.85. The van der Waals surface area contributed by atoms with Gasteiger partial charge >= 0.3 is 6.09 Å². The number of hydrogen-bond donors (Lipinski definition) is 2. The van der Waals surface area contributed by atoms with Crippen LogP contribution < -0.4 is 5.32 Å². The molecule has 0 aliphatic heterocycles. The Labute approximate surface area is 137 Å². The molecular weight excluding hydrogens is 290 g/mol. The normalized spacial score (nSPS) is 12.5. The van der Waals surface area contributed by atoms with Crippen molar-refractivity contribution in [2.24, 2.45) is 0 Å². The third kappa shape index (κ3) is 5.42. The van der Waals surface area contributed by atoms with Gasteiger partial charge in [-0.1, -0.05) is 48.5 Å². The number of anilines is 1. The number of rotatable bonds is 4. The van der Waals surface area contributed by atoms with Crippen LogP contribution in [0.4, 0.5) is 10.5 Å². The molecule has 23 heavy (non-hydrogen) atoms. The smallest absolute Gasteiger partial charge is 0.412 e. The van der Waals surface area contributed by atoms with Crippen molar-refractivity contribution in [1.82, 2.24) is 0 Å². The molecule has 0 fully saturated rings. The molecule has 1 amide bonds. The van der Waals surface area contributed by atoms with E-state index in [1.165, 1.54) is 0 Å². The fourth-order valence-electron chi connectivity index (χ4n) is 2.24. The first-order valence-electron chi connectivity index (χ1n) is 7.66. The molecule has 0 aliphatic carbocycles. The summed E-state index contributed by atoms with van der Waals surface area (Å²) in [4.78, 5) is 11.9.